The van der Waals surface area contributed by atoms with Gasteiger partial charge in [0, 0.05) is 31.4 Å². The molecule has 2 aromatic rings. The molecule has 1 unspecified atom stereocenters. The van der Waals surface area contributed by atoms with Gasteiger partial charge in [0.05, 0.1) is 11.4 Å². The van der Waals surface area contributed by atoms with E-state index >= 15 is 0 Å². The highest BCUT2D eigenvalue weighted by atomic mass is 35.5. The summed E-state index contributed by atoms with van der Waals surface area (Å²) in [7, 11) is 0. The van der Waals surface area contributed by atoms with Crippen molar-refractivity contribution in [3.63, 3.8) is 0 Å². The van der Waals surface area contributed by atoms with Crippen LogP contribution in [0.5, 0.6) is 0 Å². The van der Waals surface area contributed by atoms with Crippen molar-refractivity contribution in [2.24, 2.45) is 0 Å². The molecule has 2 aliphatic heterocycles. The average molecular weight is 410 g/mol. The van der Waals surface area contributed by atoms with Crippen molar-refractivity contribution in [2.75, 3.05) is 31.2 Å². The van der Waals surface area contributed by atoms with E-state index in [0.29, 0.717) is 6.54 Å². The van der Waals surface area contributed by atoms with Crippen LogP contribution >= 0.6 is 35.9 Å². The topological polar surface area (TPSA) is 6.48 Å². The second-order valence-electron chi connectivity index (χ2n) is 6.69. The van der Waals surface area contributed by atoms with E-state index in [-0.39, 0.29) is 18.4 Å². The lowest BCUT2D eigenvalue weighted by Gasteiger charge is -2.37. The monoisotopic (exact) mass is 409 g/mol. The highest BCUT2D eigenvalue weighted by molar-refractivity contribution is 8.00. The van der Waals surface area contributed by atoms with Crippen LogP contribution in [0.15, 0.2) is 57.2 Å². The maximum Gasteiger partial charge on any atom is 0.0564 e. The summed E-state index contributed by atoms with van der Waals surface area (Å²) in [5, 5.41) is 0. The Bertz CT molecular complexity index is 847. The number of anilines is 2. The Balaban J connectivity index is 0.00000240. The van der Waals surface area contributed by atoms with Crippen molar-refractivity contribution in [3.05, 3.63) is 42.5 Å². The molecule has 5 heteroatoms. The fraction of sp³-hybridized carbons (Fsp3) is 0.429. The van der Waals surface area contributed by atoms with Crippen LogP contribution in [0, 0.1) is 0 Å². The molecule has 0 amide bonds. The zero-order valence-corrected chi connectivity index (χ0v) is 17.4. The summed E-state index contributed by atoms with van der Waals surface area (Å²) in [4.78, 5) is 7.94. The largest absolute Gasteiger partial charge is 0.340 e. The molecule has 2 heterocycles. The molecule has 2 nitrogen and oxygen atoms in total. The molecule has 0 spiro atoms. The highest BCUT2D eigenvalue weighted by Gasteiger charge is 2.25. The van der Waals surface area contributed by atoms with Crippen molar-refractivity contribution in [1.29, 1.82) is 0 Å². The van der Waals surface area contributed by atoms with Gasteiger partial charge in [0.25, 0.3) is 0 Å². The Morgan fingerprint density at radius 2 is 2.00 bits per heavy atom. The second-order valence-corrected chi connectivity index (χ2v) is 8.65. The molecule has 0 N–H and O–H groups in total. The number of likely N-dealkylation sites (tertiary alicyclic amines) is 1. The van der Waals surface area contributed by atoms with Crippen LogP contribution in [0.3, 0.4) is 0 Å². The lowest BCUT2D eigenvalue weighted by molar-refractivity contribution is 0.178. The van der Waals surface area contributed by atoms with Crippen molar-refractivity contribution in [2.45, 2.75) is 46.4 Å². The number of thioether (sulfide) groups is 1. The van der Waals surface area contributed by atoms with Gasteiger partial charge in [-0.3, -0.25) is 0 Å². The third-order valence-electron chi connectivity index (χ3n) is 5.15. The molecular formula is C21H27ClN2S2. The van der Waals surface area contributed by atoms with E-state index < -0.39 is 6.98 Å². The van der Waals surface area contributed by atoms with E-state index in [1.54, 1.807) is 16.7 Å². The van der Waals surface area contributed by atoms with E-state index in [2.05, 4.69) is 53.6 Å². The number of para-hydroxylation sites is 1. The molecule has 0 saturated carbocycles. The molecule has 0 aliphatic carbocycles. The van der Waals surface area contributed by atoms with Gasteiger partial charge < -0.3 is 9.80 Å². The summed E-state index contributed by atoms with van der Waals surface area (Å²) in [5.74, 6) is 0. The molecule has 0 aromatic heterocycles. The van der Waals surface area contributed by atoms with Gasteiger partial charge in [-0.25, -0.2) is 0 Å². The minimum atomic E-state index is -2.00. The fourth-order valence-electron chi connectivity index (χ4n) is 3.76. The smallest absolute Gasteiger partial charge is 0.0564 e. The van der Waals surface area contributed by atoms with Crippen LogP contribution in [0.25, 0.3) is 0 Å². The molecule has 2 aromatic carbocycles. The minimum Gasteiger partial charge on any atom is -0.340 e. The van der Waals surface area contributed by atoms with Gasteiger partial charge in [0.1, 0.15) is 0 Å². The summed E-state index contributed by atoms with van der Waals surface area (Å²) in [6.45, 7) is -0.481. The lowest BCUT2D eigenvalue weighted by Crippen LogP contribution is -2.38. The standard InChI is InChI=1S/C21H26N2S2.ClH/c1-22-13-6-5-7-16(22)12-14-23-18-8-3-4-9-20(18)25-21-11-10-17(24-2)15-19(21)23;/h3-4,8-11,15-16H,5-7,12-14H2,1-2H3;1H/i1D3;. The molecule has 0 bridgehead atoms. The normalized spacial score (nSPS) is 21.7. The zero-order chi connectivity index (χ0) is 19.7. The fourth-order valence-corrected chi connectivity index (χ4v) is 5.27. The molecule has 2 aliphatic rings. The van der Waals surface area contributed by atoms with Gasteiger partial charge in [-0.05, 0) is 69.4 Å². The number of rotatable bonds is 4. The third-order valence-corrected chi connectivity index (χ3v) is 7.00. The quantitative estimate of drug-likeness (QED) is 0.545. The number of hydrogen-bond acceptors (Lipinski definition) is 4. The predicted octanol–water partition coefficient (Wildman–Crippen LogP) is 6.31. The third kappa shape index (κ3) is 4.04. The van der Waals surface area contributed by atoms with Gasteiger partial charge in [0.15, 0.2) is 0 Å². The molecule has 1 atom stereocenters. The Labute approximate surface area is 176 Å². The van der Waals surface area contributed by atoms with E-state index in [1.165, 1.54) is 26.1 Å². The Morgan fingerprint density at radius 3 is 2.85 bits per heavy atom. The number of hydrogen-bond donors (Lipinski definition) is 0. The minimum absolute atomic E-state index is 0. The van der Waals surface area contributed by atoms with Crippen molar-refractivity contribution < 1.29 is 4.11 Å². The van der Waals surface area contributed by atoms with Crippen LogP contribution in [-0.4, -0.2) is 37.3 Å². The van der Waals surface area contributed by atoms with Gasteiger partial charge in [-0.2, -0.15) is 0 Å². The van der Waals surface area contributed by atoms with Gasteiger partial charge in [-0.1, -0.05) is 30.3 Å². The van der Waals surface area contributed by atoms with E-state index in [0.717, 1.165) is 32.2 Å². The Hall–Kier alpha value is -0.810. The summed E-state index contributed by atoms with van der Waals surface area (Å²) in [5.41, 5.74) is 2.47. The molecule has 26 heavy (non-hydrogen) atoms. The zero-order valence-electron chi connectivity index (χ0n) is 18.0. The summed E-state index contributed by atoms with van der Waals surface area (Å²) in [6, 6.07) is 15.3. The molecule has 1 saturated heterocycles. The van der Waals surface area contributed by atoms with Crippen LogP contribution in [0.4, 0.5) is 11.4 Å². The highest BCUT2D eigenvalue weighted by Crippen LogP contribution is 2.49. The Morgan fingerprint density at radius 1 is 1.15 bits per heavy atom. The van der Waals surface area contributed by atoms with Gasteiger partial charge in [0.2, 0.25) is 0 Å². The summed E-state index contributed by atoms with van der Waals surface area (Å²) in [6.07, 6.45) is 6.04. The lowest BCUT2D eigenvalue weighted by atomic mass is 9.99. The number of benzene rings is 2. The second kappa shape index (κ2) is 8.92. The van der Waals surface area contributed by atoms with Crippen molar-refractivity contribution in [1.82, 2.24) is 4.90 Å². The van der Waals surface area contributed by atoms with Crippen LogP contribution < -0.4 is 4.90 Å². The van der Waals surface area contributed by atoms with Crippen LogP contribution in [0.2, 0.25) is 0 Å². The molecule has 4 rings (SSSR count). The van der Waals surface area contributed by atoms with Crippen molar-refractivity contribution >= 4 is 47.3 Å². The van der Waals surface area contributed by atoms with Gasteiger partial charge in [-0.15, -0.1) is 24.2 Å². The number of fused-ring (bicyclic) bond motifs is 2. The molecular weight excluding hydrogens is 380 g/mol. The summed E-state index contributed by atoms with van der Waals surface area (Å²) >= 11 is 3.58. The van der Waals surface area contributed by atoms with E-state index in [4.69, 9.17) is 4.11 Å². The summed E-state index contributed by atoms with van der Waals surface area (Å²) < 4.78 is 23.7. The number of halogens is 1. The number of nitrogens with zero attached hydrogens (tertiary/aromatic N) is 2. The first-order chi connectivity index (χ1) is 13.5. The number of piperidine rings is 1. The maximum atomic E-state index is 7.91. The SMILES string of the molecule is Cl.[2H]C([2H])([2H])N1CCCCC1CCN1c2ccccc2Sc2ccc(SC)cc21. The first kappa shape index (κ1) is 16.2. The first-order valence-corrected chi connectivity index (χ1v) is 11.0. The van der Waals surface area contributed by atoms with Crippen LogP contribution in [0.1, 0.15) is 29.8 Å². The Kier molecular flexibility index (Phi) is 5.55. The molecule has 140 valence electrons. The van der Waals surface area contributed by atoms with E-state index in [1.807, 2.05) is 11.8 Å². The van der Waals surface area contributed by atoms with Crippen molar-refractivity contribution in [3.8, 4) is 0 Å². The average Bonchev–Trinajstić information content (AvgIpc) is 2.70. The molecule has 0 radical (unpaired) electrons. The maximum absolute atomic E-state index is 7.91. The first-order valence-electron chi connectivity index (χ1n) is 10.5. The van der Waals surface area contributed by atoms with Gasteiger partial charge >= 0.3 is 0 Å². The van der Waals surface area contributed by atoms with Crippen LogP contribution in [-0.2, 0) is 0 Å². The predicted molar refractivity (Wildman–Crippen MR) is 118 cm³/mol. The molecule has 1 fully saturated rings. The van der Waals surface area contributed by atoms with E-state index in [9.17, 15) is 0 Å².